The molecular formula is C18H22N2O2S. The molecule has 3 rings (SSSR count). The second kappa shape index (κ2) is 8.58. The average Bonchev–Trinajstić information content (AvgIpc) is 3.24. The van der Waals surface area contributed by atoms with Crippen LogP contribution in [0.15, 0.2) is 55.8 Å². The number of carbonyl (C=O) groups is 2. The van der Waals surface area contributed by atoms with Gasteiger partial charge < -0.3 is 9.80 Å². The normalized spacial score (nSPS) is 20.0. The van der Waals surface area contributed by atoms with Gasteiger partial charge in [-0.25, -0.2) is 0 Å². The van der Waals surface area contributed by atoms with Crippen molar-refractivity contribution in [3.63, 3.8) is 0 Å². The standard InChI is InChI=1S/C12H13NOS.C6H9NO/c1-2-11(14)13-8-9-15-12(13)10-6-4-3-5-7-10;1-2-7-5-3-4-6(7)8/h2-7,12H,1,8-9H2;2H,1,3-5H2. The third kappa shape index (κ3) is 4.48. The highest BCUT2D eigenvalue weighted by molar-refractivity contribution is 7.99. The number of likely N-dealkylation sites (tertiary alicyclic amines) is 1. The lowest BCUT2D eigenvalue weighted by Crippen LogP contribution is -2.28. The van der Waals surface area contributed by atoms with Crippen molar-refractivity contribution in [2.45, 2.75) is 18.2 Å². The molecule has 0 spiro atoms. The maximum atomic E-state index is 11.6. The van der Waals surface area contributed by atoms with E-state index < -0.39 is 0 Å². The van der Waals surface area contributed by atoms with E-state index in [1.54, 1.807) is 22.9 Å². The van der Waals surface area contributed by atoms with Gasteiger partial charge in [-0.05, 0) is 24.3 Å². The largest absolute Gasteiger partial charge is 0.322 e. The van der Waals surface area contributed by atoms with Crippen LogP contribution in [0.4, 0.5) is 0 Å². The van der Waals surface area contributed by atoms with Crippen LogP contribution in [0.1, 0.15) is 23.8 Å². The van der Waals surface area contributed by atoms with Crippen molar-refractivity contribution in [1.82, 2.24) is 9.80 Å². The van der Waals surface area contributed by atoms with Gasteiger partial charge in [0.2, 0.25) is 11.8 Å². The van der Waals surface area contributed by atoms with Gasteiger partial charge in [0, 0.05) is 25.3 Å². The zero-order valence-corrected chi connectivity index (χ0v) is 14.0. The highest BCUT2D eigenvalue weighted by atomic mass is 32.2. The number of amides is 2. The lowest BCUT2D eigenvalue weighted by Gasteiger charge is -2.22. The number of hydrogen-bond donors (Lipinski definition) is 0. The maximum Gasteiger partial charge on any atom is 0.247 e. The Bertz CT molecular complexity index is 574. The molecule has 2 aliphatic rings. The number of carbonyl (C=O) groups excluding carboxylic acids is 2. The summed E-state index contributed by atoms with van der Waals surface area (Å²) in [6.07, 6.45) is 4.67. The molecule has 1 unspecified atom stereocenters. The first-order valence-electron chi connectivity index (χ1n) is 7.69. The van der Waals surface area contributed by atoms with Gasteiger partial charge >= 0.3 is 0 Å². The van der Waals surface area contributed by atoms with Gasteiger partial charge in [0.1, 0.15) is 5.37 Å². The van der Waals surface area contributed by atoms with Crippen LogP contribution in [0.3, 0.4) is 0 Å². The van der Waals surface area contributed by atoms with Gasteiger partial charge in [-0.1, -0.05) is 43.5 Å². The van der Waals surface area contributed by atoms with E-state index >= 15 is 0 Å². The number of nitrogens with zero attached hydrogens (tertiary/aromatic N) is 2. The molecule has 23 heavy (non-hydrogen) atoms. The van der Waals surface area contributed by atoms with Crippen molar-refractivity contribution in [2.24, 2.45) is 0 Å². The van der Waals surface area contributed by atoms with Gasteiger partial charge in [0.15, 0.2) is 0 Å². The number of rotatable bonds is 3. The molecule has 1 atom stereocenters. The van der Waals surface area contributed by atoms with Crippen LogP contribution in [-0.2, 0) is 9.59 Å². The molecule has 1 aromatic rings. The van der Waals surface area contributed by atoms with Crippen molar-refractivity contribution in [3.05, 3.63) is 61.3 Å². The van der Waals surface area contributed by atoms with Crippen molar-refractivity contribution in [3.8, 4) is 0 Å². The summed E-state index contributed by atoms with van der Waals surface area (Å²) in [5.74, 6) is 1.23. The first-order valence-corrected chi connectivity index (χ1v) is 8.74. The second-order valence-corrected chi connectivity index (χ2v) is 6.43. The number of benzene rings is 1. The Morgan fingerprint density at radius 1 is 1.22 bits per heavy atom. The Morgan fingerprint density at radius 3 is 2.48 bits per heavy atom. The summed E-state index contributed by atoms with van der Waals surface area (Å²) in [7, 11) is 0. The average molecular weight is 330 g/mol. The Labute approximate surface area is 141 Å². The Morgan fingerprint density at radius 2 is 1.96 bits per heavy atom. The molecule has 1 aromatic carbocycles. The molecule has 0 aromatic heterocycles. The molecule has 0 N–H and O–H groups in total. The van der Waals surface area contributed by atoms with Crippen molar-refractivity contribution < 1.29 is 9.59 Å². The van der Waals surface area contributed by atoms with Crippen LogP contribution in [0.25, 0.3) is 0 Å². The summed E-state index contributed by atoms with van der Waals surface area (Å²) < 4.78 is 0. The summed E-state index contributed by atoms with van der Waals surface area (Å²) in [6, 6.07) is 10.1. The molecule has 2 amide bonds. The lowest BCUT2D eigenvalue weighted by atomic mass is 10.2. The van der Waals surface area contributed by atoms with E-state index in [9.17, 15) is 9.59 Å². The summed E-state index contributed by atoms with van der Waals surface area (Å²) >= 11 is 1.80. The molecule has 2 aliphatic heterocycles. The monoisotopic (exact) mass is 330 g/mol. The van der Waals surface area contributed by atoms with Gasteiger partial charge in [0.25, 0.3) is 0 Å². The fourth-order valence-electron chi connectivity index (χ4n) is 2.57. The van der Waals surface area contributed by atoms with Crippen LogP contribution in [0.2, 0.25) is 0 Å². The van der Waals surface area contributed by atoms with E-state index in [2.05, 4.69) is 25.3 Å². The molecule has 0 aliphatic carbocycles. The van der Waals surface area contributed by atoms with Gasteiger partial charge in [0.05, 0.1) is 0 Å². The number of thioether (sulfide) groups is 1. The molecule has 4 nitrogen and oxygen atoms in total. The minimum atomic E-state index is 0.0221. The minimum absolute atomic E-state index is 0.0221. The highest BCUT2D eigenvalue weighted by Crippen LogP contribution is 2.37. The molecule has 0 saturated carbocycles. The fraction of sp³-hybridized carbons (Fsp3) is 0.333. The molecule has 2 saturated heterocycles. The van der Waals surface area contributed by atoms with E-state index in [0.717, 1.165) is 25.3 Å². The first-order chi connectivity index (χ1) is 11.2. The van der Waals surface area contributed by atoms with E-state index in [0.29, 0.717) is 6.42 Å². The summed E-state index contributed by atoms with van der Waals surface area (Å²) in [4.78, 5) is 25.8. The predicted octanol–water partition coefficient (Wildman–Crippen LogP) is 3.20. The second-order valence-electron chi connectivity index (χ2n) is 5.24. The summed E-state index contributed by atoms with van der Waals surface area (Å²) in [5.41, 5.74) is 1.19. The maximum absolute atomic E-state index is 11.6. The molecule has 0 radical (unpaired) electrons. The topological polar surface area (TPSA) is 40.6 Å². The van der Waals surface area contributed by atoms with Gasteiger partial charge in [-0.2, -0.15) is 0 Å². The zero-order valence-electron chi connectivity index (χ0n) is 13.2. The van der Waals surface area contributed by atoms with Crippen LogP contribution in [0, 0.1) is 0 Å². The first kappa shape index (κ1) is 17.3. The van der Waals surface area contributed by atoms with Crippen LogP contribution < -0.4 is 0 Å². The Balaban J connectivity index is 0.000000203. The van der Waals surface area contributed by atoms with Crippen LogP contribution in [0.5, 0.6) is 0 Å². The Hall–Kier alpha value is -2.01. The smallest absolute Gasteiger partial charge is 0.247 e. The third-order valence-corrected chi connectivity index (χ3v) is 5.02. The highest BCUT2D eigenvalue weighted by Gasteiger charge is 2.28. The molecule has 2 fully saturated rings. The summed E-state index contributed by atoms with van der Waals surface area (Å²) in [6.45, 7) is 8.71. The third-order valence-electron chi connectivity index (χ3n) is 3.76. The van der Waals surface area contributed by atoms with Crippen LogP contribution >= 0.6 is 11.8 Å². The molecule has 5 heteroatoms. The summed E-state index contributed by atoms with van der Waals surface area (Å²) in [5, 5.41) is 0.164. The Kier molecular flexibility index (Phi) is 6.47. The van der Waals surface area contributed by atoms with Crippen molar-refractivity contribution in [2.75, 3.05) is 18.8 Å². The van der Waals surface area contributed by atoms with Gasteiger partial charge in [-0.15, -0.1) is 11.8 Å². The van der Waals surface area contributed by atoms with E-state index in [-0.39, 0.29) is 17.2 Å². The zero-order chi connectivity index (χ0) is 16.7. The molecular weight excluding hydrogens is 308 g/mol. The van der Waals surface area contributed by atoms with Gasteiger partial charge in [-0.3, -0.25) is 9.59 Å². The molecule has 0 bridgehead atoms. The van der Waals surface area contributed by atoms with E-state index in [1.807, 2.05) is 23.1 Å². The van der Waals surface area contributed by atoms with Crippen molar-refractivity contribution in [1.29, 1.82) is 0 Å². The predicted molar refractivity (Wildman–Crippen MR) is 94.7 cm³/mol. The van der Waals surface area contributed by atoms with Crippen LogP contribution in [-0.4, -0.2) is 40.5 Å². The SMILES string of the molecule is C=CC(=O)N1CCSC1c1ccccc1.C=CN1CCCC1=O. The van der Waals surface area contributed by atoms with Crippen molar-refractivity contribution >= 4 is 23.6 Å². The quantitative estimate of drug-likeness (QED) is 0.799. The molecule has 2 heterocycles. The fourth-order valence-corrected chi connectivity index (χ4v) is 3.83. The van der Waals surface area contributed by atoms with E-state index in [4.69, 9.17) is 0 Å². The minimum Gasteiger partial charge on any atom is -0.322 e. The number of hydrogen-bond acceptors (Lipinski definition) is 3. The molecule has 122 valence electrons. The lowest BCUT2D eigenvalue weighted by molar-refractivity contribution is -0.126. The van der Waals surface area contributed by atoms with E-state index in [1.165, 1.54) is 11.6 Å².